The number of methoxy groups -OCH3 is 1. The number of rotatable bonds is 4. The summed E-state index contributed by atoms with van der Waals surface area (Å²) in [6.45, 7) is 0.791. The first-order valence-electron chi connectivity index (χ1n) is 7.90. The van der Waals surface area contributed by atoms with E-state index in [4.69, 9.17) is 10.5 Å². The maximum atomic E-state index is 6.24. The van der Waals surface area contributed by atoms with Crippen LogP contribution < -0.4 is 10.6 Å². The summed E-state index contributed by atoms with van der Waals surface area (Å²) in [6, 6.07) is 10.5. The van der Waals surface area contributed by atoms with Gasteiger partial charge in [0.1, 0.15) is 0 Å². The fourth-order valence-corrected chi connectivity index (χ4v) is 4.00. The predicted molar refractivity (Wildman–Crippen MR) is 83.1 cm³/mol. The molecule has 0 aromatic heterocycles. The fraction of sp³-hybridized carbons (Fsp3) is 0.647. The normalized spacial score (nSPS) is 29.5. The second kappa shape index (κ2) is 6.15. The van der Waals surface area contributed by atoms with E-state index in [0.717, 1.165) is 25.9 Å². The molecule has 3 nitrogen and oxygen atoms in total. The minimum atomic E-state index is 0.396. The molecule has 110 valence electrons. The van der Waals surface area contributed by atoms with Gasteiger partial charge in [0.15, 0.2) is 0 Å². The summed E-state index contributed by atoms with van der Waals surface area (Å²) < 4.78 is 5.26. The van der Waals surface area contributed by atoms with Gasteiger partial charge in [0, 0.05) is 30.9 Å². The van der Waals surface area contributed by atoms with Crippen LogP contribution in [-0.4, -0.2) is 31.8 Å². The van der Waals surface area contributed by atoms with Gasteiger partial charge in [-0.15, -0.1) is 0 Å². The fourth-order valence-electron chi connectivity index (χ4n) is 4.00. The van der Waals surface area contributed by atoms with Gasteiger partial charge in [-0.1, -0.05) is 18.2 Å². The highest BCUT2D eigenvalue weighted by Gasteiger charge is 2.37. The first-order chi connectivity index (χ1) is 9.79. The second-order valence-electron chi connectivity index (χ2n) is 6.25. The molecule has 2 saturated heterocycles. The maximum Gasteiger partial charge on any atom is 0.0503 e. The van der Waals surface area contributed by atoms with Gasteiger partial charge in [-0.25, -0.2) is 0 Å². The molecule has 0 spiro atoms. The smallest absolute Gasteiger partial charge is 0.0503 e. The van der Waals surface area contributed by atoms with E-state index in [1.165, 1.54) is 30.5 Å². The van der Waals surface area contributed by atoms with Crippen molar-refractivity contribution in [2.45, 2.75) is 56.7 Å². The van der Waals surface area contributed by atoms with Crippen molar-refractivity contribution in [3.8, 4) is 0 Å². The number of benzene rings is 1. The van der Waals surface area contributed by atoms with Crippen molar-refractivity contribution in [1.82, 2.24) is 0 Å². The molecule has 3 heteroatoms. The van der Waals surface area contributed by atoms with Crippen molar-refractivity contribution in [3.63, 3.8) is 0 Å². The number of hydrogen-bond acceptors (Lipinski definition) is 3. The van der Waals surface area contributed by atoms with Crippen LogP contribution in [0.15, 0.2) is 24.3 Å². The molecular weight excluding hydrogens is 248 g/mol. The standard InChI is InChI=1S/C17H26N2O/c1-20-10-9-13-5-2-3-8-17(13)19-15-6-4-7-16(19)12-14(18)11-15/h2-3,5,8,14-16H,4,6-7,9-12,18H2,1H3. The van der Waals surface area contributed by atoms with E-state index >= 15 is 0 Å². The minimum Gasteiger partial charge on any atom is -0.384 e. The number of hydrogen-bond donors (Lipinski definition) is 1. The third-order valence-corrected chi connectivity index (χ3v) is 4.86. The summed E-state index contributed by atoms with van der Waals surface area (Å²) in [7, 11) is 1.78. The predicted octanol–water partition coefficient (Wildman–Crippen LogP) is 2.72. The highest BCUT2D eigenvalue weighted by Crippen LogP contribution is 2.38. The van der Waals surface area contributed by atoms with Crippen molar-refractivity contribution in [2.75, 3.05) is 18.6 Å². The zero-order valence-corrected chi connectivity index (χ0v) is 12.4. The lowest BCUT2D eigenvalue weighted by Crippen LogP contribution is -2.55. The lowest BCUT2D eigenvalue weighted by Gasteiger charge is -2.50. The van der Waals surface area contributed by atoms with Crippen LogP contribution in [0.3, 0.4) is 0 Å². The molecule has 20 heavy (non-hydrogen) atoms. The molecule has 0 amide bonds. The van der Waals surface area contributed by atoms with Crippen molar-refractivity contribution in [1.29, 1.82) is 0 Å². The molecule has 0 saturated carbocycles. The first-order valence-corrected chi connectivity index (χ1v) is 7.90. The van der Waals surface area contributed by atoms with Gasteiger partial charge in [0.05, 0.1) is 6.61 Å². The van der Waals surface area contributed by atoms with Crippen molar-refractivity contribution in [3.05, 3.63) is 29.8 Å². The van der Waals surface area contributed by atoms with Gasteiger partial charge in [-0.05, 0) is 50.2 Å². The molecule has 2 heterocycles. The Morgan fingerprint density at radius 2 is 1.90 bits per heavy atom. The molecule has 3 rings (SSSR count). The summed E-state index contributed by atoms with van der Waals surface area (Å²) in [4.78, 5) is 2.68. The quantitative estimate of drug-likeness (QED) is 0.917. The van der Waals surface area contributed by atoms with Crippen molar-refractivity contribution in [2.24, 2.45) is 5.73 Å². The molecule has 1 aromatic carbocycles. The summed E-state index contributed by atoms with van der Waals surface area (Å²) in [5.41, 5.74) is 9.08. The SMILES string of the molecule is COCCc1ccccc1N1C2CCCC1CC(N)C2. The monoisotopic (exact) mass is 274 g/mol. The molecule has 2 aliphatic rings. The number of nitrogens with two attached hydrogens (primary N) is 1. The van der Waals surface area contributed by atoms with E-state index < -0.39 is 0 Å². The molecule has 2 unspecified atom stereocenters. The van der Waals surface area contributed by atoms with Gasteiger partial charge in [-0.3, -0.25) is 0 Å². The van der Waals surface area contributed by atoms with E-state index in [2.05, 4.69) is 29.2 Å². The van der Waals surface area contributed by atoms with Crippen molar-refractivity contribution < 1.29 is 4.74 Å². The summed E-state index contributed by atoms with van der Waals surface area (Å²) in [5, 5.41) is 0. The number of piperidine rings is 2. The van der Waals surface area contributed by atoms with E-state index in [-0.39, 0.29) is 0 Å². The number of nitrogens with zero attached hydrogens (tertiary/aromatic N) is 1. The largest absolute Gasteiger partial charge is 0.384 e. The molecule has 2 fully saturated rings. The molecule has 2 atom stereocenters. The Balaban J connectivity index is 1.88. The molecule has 2 bridgehead atoms. The van der Waals surface area contributed by atoms with E-state index in [1.54, 1.807) is 7.11 Å². The molecule has 2 N–H and O–H groups in total. The zero-order chi connectivity index (χ0) is 13.9. The number of anilines is 1. The van der Waals surface area contributed by atoms with Crippen LogP contribution in [-0.2, 0) is 11.2 Å². The Bertz CT molecular complexity index is 434. The maximum absolute atomic E-state index is 6.24. The van der Waals surface area contributed by atoms with Gasteiger partial charge in [0.2, 0.25) is 0 Å². The molecule has 2 aliphatic heterocycles. The van der Waals surface area contributed by atoms with E-state index in [9.17, 15) is 0 Å². The number of para-hydroxylation sites is 1. The van der Waals surface area contributed by atoms with Crippen LogP contribution in [0, 0.1) is 0 Å². The Kier molecular flexibility index (Phi) is 4.27. The van der Waals surface area contributed by atoms with E-state index in [1.807, 2.05) is 0 Å². The first kappa shape index (κ1) is 13.9. The minimum absolute atomic E-state index is 0.396. The number of ether oxygens (including phenoxy) is 1. The van der Waals surface area contributed by atoms with Crippen LogP contribution in [0.5, 0.6) is 0 Å². The van der Waals surface area contributed by atoms with E-state index in [0.29, 0.717) is 18.1 Å². The van der Waals surface area contributed by atoms with Crippen LogP contribution in [0.4, 0.5) is 5.69 Å². The molecular formula is C17H26N2O. The Hall–Kier alpha value is -1.06. The lowest BCUT2D eigenvalue weighted by atomic mass is 9.81. The average Bonchev–Trinajstić information content (AvgIpc) is 2.44. The Morgan fingerprint density at radius 3 is 2.60 bits per heavy atom. The molecule has 0 aliphatic carbocycles. The summed E-state index contributed by atoms with van der Waals surface area (Å²) in [6.07, 6.45) is 7.24. The highest BCUT2D eigenvalue weighted by atomic mass is 16.5. The van der Waals surface area contributed by atoms with Gasteiger partial charge in [-0.2, -0.15) is 0 Å². The van der Waals surface area contributed by atoms with Gasteiger partial charge in [0.25, 0.3) is 0 Å². The van der Waals surface area contributed by atoms with Gasteiger partial charge < -0.3 is 15.4 Å². The highest BCUT2D eigenvalue weighted by molar-refractivity contribution is 5.56. The van der Waals surface area contributed by atoms with Crippen LogP contribution in [0.2, 0.25) is 0 Å². The van der Waals surface area contributed by atoms with Crippen LogP contribution in [0.25, 0.3) is 0 Å². The summed E-state index contributed by atoms with van der Waals surface area (Å²) in [5.74, 6) is 0. The Labute approximate surface area is 122 Å². The number of fused-ring (bicyclic) bond motifs is 2. The average molecular weight is 274 g/mol. The third kappa shape index (κ3) is 2.70. The third-order valence-electron chi connectivity index (χ3n) is 4.86. The summed E-state index contributed by atoms with van der Waals surface area (Å²) >= 11 is 0. The van der Waals surface area contributed by atoms with Crippen molar-refractivity contribution >= 4 is 5.69 Å². The van der Waals surface area contributed by atoms with Crippen LogP contribution >= 0.6 is 0 Å². The lowest BCUT2D eigenvalue weighted by molar-refractivity contribution is 0.202. The van der Waals surface area contributed by atoms with Crippen LogP contribution in [0.1, 0.15) is 37.7 Å². The second-order valence-corrected chi connectivity index (χ2v) is 6.25. The molecule has 1 aromatic rings. The topological polar surface area (TPSA) is 38.5 Å². The zero-order valence-electron chi connectivity index (χ0n) is 12.4. The Morgan fingerprint density at radius 1 is 1.20 bits per heavy atom. The van der Waals surface area contributed by atoms with Gasteiger partial charge >= 0.3 is 0 Å². The molecule has 0 radical (unpaired) electrons.